The number of piperazine rings is 1. The monoisotopic (exact) mass is 378 g/mol. The fraction of sp³-hybridized carbons (Fsp3) is 0.250. The van der Waals surface area contributed by atoms with Crippen LogP contribution in [0.4, 0.5) is 11.4 Å². The number of sulfonamides is 1. The summed E-state index contributed by atoms with van der Waals surface area (Å²) in [5.74, 6) is 0.406. The van der Waals surface area contributed by atoms with Crippen LogP contribution in [0.25, 0.3) is 0 Å². The zero-order valence-corrected chi connectivity index (χ0v) is 14.6. The van der Waals surface area contributed by atoms with Crippen LogP contribution >= 0.6 is 0 Å². The summed E-state index contributed by atoms with van der Waals surface area (Å²) in [6.07, 6.45) is 0. The van der Waals surface area contributed by atoms with Gasteiger partial charge in [-0.2, -0.15) is 4.31 Å². The highest BCUT2D eigenvalue weighted by Gasteiger charge is 2.31. The van der Waals surface area contributed by atoms with Gasteiger partial charge in [-0.15, -0.1) is 0 Å². The molecule has 0 amide bonds. The van der Waals surface area contributed by atoms with Gasteiger partial charge >= 0.3 is 0 Å². The summed E-state index contributed by atoms with van der Waals surface area (Å²) in [5.41, 5.74) is 5.85. The van der Waals surface area contributed by atoms with Gasteiger partial charge in [0.2, 0.25) is 10.0 Å². The van der Waals surface area contributed by atoms with E-state index < -0.39 is 14.9 Å². The summed E-state index contributed by atoms with van der Waals surface area (Å²) in [5, 5.41) is 14.2. The highest BCUT2D eigenvalue weighted by molar-refractivity contribution is 7.89. The lowest BCUT2D eigenvalue weighted by atomic mass is 10.3. The maximum atomic E-state index is 13.0. The van der Waals surface area contributed by atoms with E-state index in [0.717, 1.165) is 6.07 Å². The predicted octanol–water partition coefficient (Wildman–Crippen LogP) is 1.56. The van der Waals surface area contributed by atoms with Crippen LogP contribution < -0.4 is 15.8 Å². The maximum absolute atomic E-state index is 13.0. The number of benzene rings is 2. The van der Waals surface area contributed by atoms with Gasteiger partial charge in [0.25, 0.3) is 5.69 Å². The number of hydrogen-bond acceptors (Lipinski definition) is 7. The molecule has 0 atom stereocenters. The number of nitro benzene ring substituents is 1. The highest BCUT2D eigenvalue weighted by atomic mass is 32.2. The first-order valence-electron chi connectivity index (χ1n) is 7.90. The largest absolute Gasteiger partial charge is 0.456 e. The SMILES string of the molecule is Nc1ccc(Oc2ccc([N+](=O)[O-])cc2S(=O)(=O)N2CCNCC2)cc1. The Hall–Kier alpha value is -2.69. The van der Waals surface area contributed by atoms with E-state index in [2.05, 4.69) is 5.32 Å². The average molecular weight is 378 g/mol. The van der Waals surface area contributed by atoms with Crippen molar-refractivity contribution in [2.75, 3.05) is 31.9 Å². The number of rotatable bonds is 5. The van der Waals surface area contributed by atoms with E-state index in [9.17, 15) is 18.5 Å². The number of nitrogens with zero attached hydrogens (tertiary/aromatic N) is 2. The molecule has 1 aliphatic heterocycles. The Labute approximate surface area is 150 Å². The van der Waals surface area contributed by atoms with Gasteiger partial charge in [0.15, 0.2) is 0 Å². The normalized spacial score (nSPS) is 15.5. The Morgan fingerprint density at radius 1 is 1.12 bits per heavy atom. The van der Waals surface area contributed by atoms with E-state index in [4.69, 9.17) is 10.5 Å². The van der Waals surface area contributed by atoms with E-state index in [1.165, 1.54) is 16.4 Å². The molecule has 0 saturated carbocycles. The topological polar surface area (TPSA) is 128 Å². The summed E-state index contributed by atoms with van der Waals surface area (Å²) in [6.45, 7) is 1.60. The smallest absolute Gasteiger partial charge is 0.271 e. The Morgan fingerprint density at radius 2 is 1.77 bits per heavy atom. The second kappa shape index (κ2) is 7.28. The summed E-state index contributed by atoms with van der Waals surface area (Å²) in [7, 11) is -3.94. The Bertz CT molecular complexity index is 909. The average Bonchev–Trinajstić information content (AvgIpc) is 2.64. The van der Waals surface area contributed by atoms with Crippen LogP contribution in [0.2, 0.25) is 0 Å². The van der Waals surface area contributed by atoms with Crippen molar-refractivity contribution >= 4 is 21.4 Å². The van der Waals surface area contributed by atoms with Crippen molar-refractivity contribution in [3.8, 4) is 11.5 Å². The van der Waals surface area contributed by atoms with Crippen LogP contribution in [0.15, 0.2) is 47.4 Å². The first-order chi connectivity index (χ1) is 12.4. The molecule has 1 aliphatic rings. The maximum Gasteiger partial charge on any atom is 0.271 e. The number of nitrogens with one attached hydrogen (secondary N) is 1. The molecule has 2 aromatic rings. The molecule has 26 heavy (non-hydrogen) atoms. The van der Waals surface area contributed by atoms with Crippen molar-refractivity contribution in [2.45, 2.75) is 4.90 Å². The molecule has 1 saturated heterocycles. The lowest BCUT2D eigenvalue weighted by Gasteiger charge is -2.27. The second-order valence-electron chi connectivity index (χ2n) is 5.71. The first-order valence-corrected chi connectivity index (χ1v) is 9.34. The number of nitro groups is 1. The molecule has 0 unspecified atom stereocenters. The molecule has 0 aliphatic carbocycles. The highest BCUT2D eigenvalue weighted by Crippen LogP contribution is 2.34. The Kier molecular flexibility index (Phi) is 5.07. The van der Waals surface area contributed by atoms with Gasteiger partial charge in [-0.05, 0) is 30.3 Å². The number of non-ortho nitro benzene ring substituents is 1. The molecule has 2 aromatic carbocycles. The molecule has 0 radical (unpaired) electrons. The third kappa shape index (κ3) is 3.77. The summed E-state index contributed by atoms with van der Waals surface area (Å²) >= 11 is 0. The molecular formula is C16H18N4O5S. The zero-order valence-electron chi connectivity index (χ0n) is 13.8. The van der Waals surface area contributed by atoms with E-state index in [1.807, 2.05) is 0 Å². The van der Waals surface area contributed by atoms with Crippen LogP contribution in [-0.4, -0.2) is 43.8 Å². The van der Waals surface area contributed by atoms with Gasteiger partial charge in [-0.3, -0.25) is 10.1 Å². The predicted molar refractivity (Wildman–Crippen MR) is 95.7 cm³/mol. The fourth-order valence-corrected chi connectivity index (χ4v) is 4.16. The van der Waals surface area contributed by atoms with Gasteiger partial charge in [0.1, 0.15) is 16.4 Å². The van der Waals surface area contributed by atoms with Gasteiger partial charge in [0, 0.05) is 44.0 Å². The minimum atomic E-state index is -3.94. The lowest BCUT2D eigenvalue weighted by Crippen LogP contribution is -2.46. The molecule has 9 nitrogen and oxygen atoms in total. The van der Waals surface area contributed by atoms with Crippen LogP contribution in [0.5, 0.6) is 11.5 Å². The van der Waals surface area contributed by atoms with E-state index in [-0.39, 0.29) is 29.4 Å². The number of nitrogen functional groups attached to an aromatic ring is 1. The lowest BCUT2D eigenvalue weighted by molar-refractivity contribution is -0.385. The van der Waals surface area contributed by atoms with Crippen molar-refractivity contribution in [1.82, 2.24) is 9.62 Å². The standard InChI is InChI=1S/C16H18N4O5S/c17-12-1-4-14(5-2-12)25-15-6-3-13(20(21)22)11-16(15)26(23,24)19-9-7-18-8-10-19/h1-6,11,18H,7-10,17H2. The van der Waals surface area contributed by atoms with Crippen molar-refractivity contribution in [1.29, 1.82) is 0 Å². The third-order valence-corrected chi connectivity index (χ3v) is 5.86. The summed E-state index contributed by atoms with van der Waals surface area (Å²) < 4.78 is 33.0. The van der Waals surface area contributed by atoms with Gasteiger partial charge in [-0.1, -0.05) is 0 Å². The molecule has 138 valence electrons. The van der Waals surface area contributed by atoms with Crippen molar-refractivity contribution in [3.63, 3.8) is 0 Å². The molecule has 1 fully saturated rings. The fourth-order valence-electron chi connectivity index (χ4n) is 2.58. The zero-order chi connectivity index (χ0) is 18.7. The number of hydrogen-bond donors (Lipinski definition) is 2. The van der Waals surface area contributed by atoms with E-state index in [1.54, 1.807) is 24.3 Å². The van der Waals surface area contributed by atoms with Gasteiger partial charge < -0.3 is 15.8 Å². The van der Waals surface area contributed by atoms with Gasteiger partial charge in [0.05, 0.1) is 4.92 Å². The Morgan fingerprint density at radius 3 is 2.38 bits per heavy atom. The minimum Gasteiger partial charge on any atom is -0.456 e. The molecule has 3 rings (SSSR count). The third-order valence-electron chi connectivity index (χ3n) is 3.94. The number of ether oxygens (including phenoxy) is 1. The second-order valence-corrected chi connectivity index (χ2v) is 7.62. The molecule has 3 N–H and O–H groups in total. The van der Waals surface area contributed by atoms with Gasteiger partial charge in [-0.25, -0.2) is 8.42 Å². The molecule has 0 spiro atoms. The molecule has 0 aromatic heterocycles. The van der Waals surface area contributed by atoms with E-state index in [0.29, 0.717) is 24.5 Å². The van der Waals surface area contributed by atoms with Crippen LogP contribution in [0, 0.1) is 10.1 Å². The minimum absolute atomic E-state index is 0.0268. The molecular weight excluding hydrogens is 360 g/mol. The molecule has 1 heterocycles. The summed E-state index contributed by atoms with van der Waals surface area (Å²) in [6, 6.07) is 9.96. The number of anilines is 1. The number of nitrogens with two attached hydrogens (primary N) is 1. The van der Waals surface area contributed by atoms with E-state index >= 15 is 0 Å². The van der Waals surface area contributed by atoms with Crippen LogP contribution in [0.3, 0.4) is 0 Å². The quantitative estimate of drug-likeness (QED) is 0.459. The molecule has 0 bridgehead atoms. The first kappa shape index (κ1) is 18.1. The van der Waals surface area contributed by atoms with Crippen LogP contribution in [-0.2, 0) is 10.0 Å². The molecule has 10 heteroatoms. The van der Waals surface area contributed by atoms with Crippen molar-refractivity contribution in [3.05, 3.63) is 52.6 Å². The van der Waals surface area contributed by atoms with Crippen LogP contribution in [0.1, 0.15) is 0 Å². The summed E-state index contributed by atoms with van der Waals surface area (Å²) in [4.78, 5) is 10.2. The van der Waals surface area contributed by atoms with Crippen molar-refractivity contribution in [2.24, 2.45) is 0 Å². The van der Waals surface area contributed by atoms with Crippen molar-refractivity contribution < 1.29 is 18.1 Å². The Balaban J connectivity index is 2.03.